The van der Waals surface area contributed by atoms with E-state index in [0.29, 0.717) is 12.8 Å². The van der Waals surface area contributed by atoms with E-state index in [2.05, 4.69) is 0 Å². The van der Waals surface area contributed by atoms with Gasteiger partial charge in [0, 0.05) is 6.42 Å². The Morgan fingerprint density at radius 1 is 1.27 bits per heavy atom. The van der Waals surface area contributed by atoms with Crippen LogP contribution in [0, 0.1) is 0 Å². The van der Waals surface area contributed by atoms with E-state index in [0.717, 1.165) is 12.8 Å². The predicted molar refractivity (Wildman–Crippen MR) is 56.8 cm³/mol. The molecule has 0 aliphatic heterocycles. The lowest BCUT2D eigenvalue weighted by molar-refractivity contribution is -0.156. The molecule has 0 fully saturated rings. The summed E-state index contributed by atoms with van der Waals surface area (Å²) in [5, 5.41) is 8.67. The largest absolute Gasteiger partial charge is 0.479 e. The first-order valence-electron chi connectivity index (χ1n) is 5.43. The number of hydrogen-bond donors (Lipinski definition) is 1. The van der Waals surface area contributed by atoms with Gasteiger partial charge in [0.15, 0.2) is 11.9 Å². The third-order valence-electron chi connectivity index (χ3n) is 2.12. The van der Waals surface area contributed by atoms with Crippen molar-refractivity contribution in [1.29, 1.82) is 0 Å². The highest BCUT2D eigenvalue weighted by Crippen LogP contribution is 2.10. The minimum absolute atomic E-state index is 0.00690. The Balaban J connectivity index is 4.25. The van der Waals surface area contributed by atoms with Gasteiger partial charge in [-0.2, -0.15) is 0 Å². The van der Waals surface area contributed by atoms with Crippen molar-refractivity contribution in [2.24, 2.45) is 0 Å². The van der Waals surface area contributed by atoms with E-state index in [1.54, 1.807) is 0 Å². The average molecular weight is 216 g/mol. The van der Waals surface area contributed by atoms with Gasteiger partial charge in [0.05, 0.1) is 0 Å². The number of aliphatic carboxylic acids is 1. The fourth-order valence-corrected chi connectivity index (χ4v) is 1.28. The van der Waals surface area contributed by atoms with Gasteiger partial charge in [0.1, 0.15) is 6.10 Å². The SMILES string of the molecule is CCCC(=O)C(CCC)OC(C)C(=O)O. The van der Waals surface area contributed by atoms with Crippen LogP contribution in [0.1, 0.15) is 46.5 Å². The summed E-state index contributed by atoms with van der Waals surface area (Å²) >= 11 is 0. The molecule has 2 atom stereocenters. The minimum Gasteiger partial charge on any atom is -0.479 e. The van der Waals surface area contributed by atoms with Crippen molar-refractivity contribution in [3.63, 3.8) is 0 Å². The van der Waals surface area contributed by atoms with Gasteiger partial charge in [-0.3, -0.25) is 4.79 Å². The van der Waals surface area contributed by atoms with Crippen LogP contribution >= 0.6 is 0 Å². The molecule has 1 N–H and O–H groups in total. The summed E-state index contributed by atoms with van der Waals surface area (Å²) in [5.74, 6) is -1.02. The summed E-state index contributed by atoms with van der Waals surface area (Å²) in [6.45, 7) is 5.31. The second kappa shape index (κ2) is 7.40. The minimum atomic E-state index is -1.03. The van der Waals surface area contributed by atoms with E-state index in [1.165, 1.54) is 6.92 Å². The molecular formula is C11H20O4. The molecule has 4 nitrogen and oxygen atoms in total. The molecule has 15 heavy (non-hydrogen) atoms. The van der Waals surface area contributed by atoms with Gasteiger partial charge in [-0.25, -0.2) is 4.79 Å². The van der Waals surface area contributed by atoms with Crippen molar-refractivity contribution in [1.82, 2.24) is 0 Å². The maximum atomic E-state index is 11.6. The molecule has 2 unspecified atom stereocenters. The van der Waals surface area contributed by atoms with Crippen LogP contribution in [0.3, 0.4) is 0 Å². The van der Waals surface area contributed by atoms with Crippen molar-refractivity contribution < 1.29 is 19.4 Å². The molecule has 0 saturated heterocycles. The molecule has 0 aliphatic carbocycles. The Bertz CT molecular complexity index is 213. The zero-order valence-electron chi connectivity index (χ0n) is 9.66. The van der Waals surface area contributed by atoms with E-state index in [1.807, 2.05) is 13.8 Å². The summed E-state index contributed by atoms with van der Waals surface area (Å²) in [6, 6.07) is 0. The third-order valence-corrected chi connectivity index (χ3v) is 2.12. The third kappa shape index (κ3) is 5.52. The Morgan fingerprint density at radius 2 is 1.87 bits per heavy atom. The Kier molecular flexibility index (Phi) is 6.96. The quantitative estimate of drug-likeness (QED) is 0.674. The summed E-state index contributed by atoms with van der Waals surface area (Å²) < 4.78 is 5.22. The number of rotatable bonds is 8. The number of carbonyl (C=O) groups excluding carboxylic acids is 1. The Labute approximate surface area is 90.6 Å². The lowest BCUT2D eigenvalue weighted by Gasteiger charge is -2.18. The highest BCUT2D eigenvalue weighted by atomic mass is 16.5. The Hall–Kier alpha value is -0.900. The van der Waals surface area contributed by atoms with Gasteiger partial charge in [-0.15, -0.1) is 0 Å². The zero-order chi connectivity index (χ0) is 11.8. The second-order valence-corrected chi connectivity index (χ2v) is 3.61. The first kappa shape index (κ1) is 14.1. The van der Waals surface area contributed by atoms with Crippen LogP contribution in [0.25, 0.3) is 0 Å². The number of ketones is 1. The summed E-state index contributed by atoms with van der Waals surface area (Å²) in [6.07, 6.45) is 1.16. The number of hydrogen-bond acceptors (Lipinski definition) is 3. The fraction of sp³-hybridized carbons (Fsp3) is 0.818. The van der Waals surface area contributed by atoms with Crippen molar-refractivity contribution in [2.45, 2.75) is 58.7 Å². The molecule has 0 bridgehead atoms. The smallest absolute Gasteiger partial charge is 0.332 e. The van der Waals surface area contributed by atoms with Gasteiger partial charge >= 0.3 is 5.97 Å². The van der Waals surface area contributed by atoms with E-state index < -0.39 is 18.2 Å². The van der Waals surface area contributed by atoms with E-state index in [4.69, 9.17) is 9.84 Å². The Morgan fingerprint density at radius 3 is 2.27 bits per heavy atom. The number of carboxylic acids is 1. The molecule has 0 saturated carbocycles. The predicted octanol–water partition coefficient (Wildman–Crippen LogP) is 2.01. The van der Waals surface area contributed by atoms with Gasteiger partial charge in [-0.1, -0.05) is 20.3 Å². The lowest BCUT2D eigenvalue weighted by Crippen LogP contribution is -2.32. The van der Waals surface area contributed by atoms with Crippen LogP contribution in [0.15, 0.2) is 0 Å². The maximum Gasteiger partial charge on any atom is 0.332 e. The maximum absolute atomic E-state index is 11.6. The molecule has 0 spiro atoms. The van der Waals surface area contributed by atoms with Gasteiger partial charge < -0.3 is 9.84 Å². The number of Topliss-reactive ketones (excluding diaryl/α,β-unsaturated/α-hetero) is 1. The number of carbonyl (C=O) groups is 2. The van der Waals surface area contributed by atoms with Crippen LogP contribution in [0.5, 0.6) is 0 Å². The highest BCUT2D eigenvalue weighted by Gasteiger charge is 2.22. The van der Waals surface area contributed by atoms with E-state index in [9.17, 15) is 9.59 Å². The van der Waals surface area contributed by atoms with Crippen molar-refractivity contribution >= 4 is 11.8 Å². The molecule has 88 valence electrons. The van der Waals surface area contributed by atoms with E-state index in [-0.39, 0.29) is 5.78 Å². The molecule has 0 aromatic carbocycles. The first-order chi connectivity index (χ1) is 7.02. The fourth-order valence-electron chi connectivity index (χ4n) is 1.28. The van der Waals surface area contributed by atoms with Crippen LogP contribution in [0.4, 0.5) is 0 Å². The highest BCUT2D eigenvalue weighted by molar-refractivity contribution is 5.83. The van der Waals surface area contributed by atoms with Crippen LogP contribution in [-0.4, -0.2) is 29.1 Å². The van der Waals surface area contributed by atoms with Crippen molar-refractivity contribution in [2.75, 3.05) is 0 Å². The number of carboxylic acid groups (broad SMARTS) is 1. The molecule has 4 heteroatoms. The van der Waals surface area contributed by atoms with Crippen molar-refractivity contribution in [3.05, 3.63) is 0 Å². The molecule has 0 heterocycles. The average Bonchev–Trinajstić information content (AvgIpc) is 2.17. The molecule has 0 radical (unpaired) electrons. The van der Waals surface area contributed by atoms with Crippen LogP contribution in [0.2, 0.25) is 0 Å². The molecule has 0 amide bonds. The lowest BCUT2D eigenvalue weighted by atomic mass is 10.1. The van der Waals surface area contributed by atoms with Gasteiger partial charge in [0.2, 0.25) is 0 Å². The summed E-state index contributed by atoms with van der Waals surface area (Å²) in [7, 11) is 0. The molecule has 0 aromatic heterocycles. The zero-order valence-corrected chi connectivity index (χ0v) is 9.66. The van der Waals surface area contributed by atoms with Gasteiger partial charge in [0.25, 0.3) is 0 Å². The van der Waals surface area contributed by atoms with Gasteiger partial charge in [-0.05, 0) is 19.8 Å². The van der Waals surface area contributed by atoms with Crippen LogP contribution in [-0.2, 0) is 14.3 Å². The molecular weight excluding hydrogens is 196 g/mol. The summed E-state index contributed by atoms with van der Waals surface area (Å²) in [4.78, 5) is 22.2. The van der Waals surface area contributed by atoms with E-state index >= 15 is 0 Å². The second-order valence-electron chi connectivity index (χ2n) is 3.61. The monoisotopic (exact) mass is 216 g/mol. The standard InChI is InChI=1S/C11H20O4/c1-4-6-9(12)10(7-5-2)15-8(3)11(13)14/h8,10H,4-7H2,1-3H3,(H,13,14). The van der Waals surface area contributed by atoms with Crippen molar-refractivity contribution in [3.8, 4) is 0 Å². The topological polar surface area (TPSA) is 63.6 Å². The van der Waals surface area contributed by atoms with Crippen LogP contribution < -0.4 is 0 Å². The first-order valence-corrected chi connectivity index (χ1v) is 5.43. The normalized spacial score (nSPS) is 14.6. The number of ether oxygens (including phenoxy) is 1. The molecule has 0 aromatic rings. The summed E-state index contributed by atoms with van der Waals surface area (Å²) in [5.41, 5.74) is 0. The molecule has 0 rings (SSSR count). The molecule has 0 aliphatic rings.